The highest BCUT2D eigenvalue weighted by molar-refractivity contribution is 7.98. The Morgan fingerprint density at radius 1 is 0.970 bits per heavy atom. The van der Waals surface area contributed by atoms with Gasteiger partial charge < -0.3 is 10.1 Å². The van der Waals surface area contributed by atoms with Gasteiger partial charge in [-0.05, 0) is 56.5 Å². The zero-order chi connectivity index (χ0) is 24.1. The Bertz CT molecular complexity index is 1100. The second-order valence-electron chi connectivity index (χ2n) is 7.87. The molecule has 3 rings (SSSR count). The van der Waals surface area contributed by atoms with Crippen LogP contribution in [0.3, 0.4) is 0 Å². The summed E-state index contributed by atoms with van der Waals surface area (Å²) in [7, 11) is 0. The van der Waals surface area contributed by atoms with Gasteiger partial charge in [-0.3, -0.25) is 10.1 Å². The number of carbonyl (C=O) groups excluding carboxylic acids is 1. The van der Waals surface area contributed by atoms with Crippen LogP contribution in [-0.4, -0.2) is 17.7 Å². The van der Waals surface area contributed by atoms with E-state index in [0.717, 1.165) is 23.4 Å². The molecule has 0 bridgehead atoms. The number of nitrogens with one attached hydrogen (secondary N) is 2. The molecule has 0 aliphatic heterocycles. The van der Waals surface area contributed by atoms with Crippen molar-refractivity contribution in [3.8, 4) is 11.5 Å². The maximum Gasteiger partial charge on any atom is 0.417 e. The lowest BCUT2D eigenvalue weighted by atomic mass is 10.0. The molecule has 0 heterocycles. The second-order valence-corrected chi connectivity index (χ2v) is 8.72. The first-order valence-corrected chi connectivity index (χ1v) is 11.4. The molecule has 0 saturated carbocycles. The molecule has 2 N–H and O–H groups in total. The molecule has 0 unspecified atom stereocenters. The highest BCUT2D eigenvalue weighted by Gasteiger charge is 2.34. The number of halogens is 3. The number of hydrogen-bond donors (Lipinski definition) is 2. The Morgan fingerprint density at radius 3 is 2.30 bits per heavy atom. The zero-order valence-electron chi connectivity index (χ0n) is 18.5. The molecule has 0 aliphatic carbocycles. The number of amides is 1. The van der Waals surface area contributed by atoms with Crippen molar-refractivity contribution < 1.29 is 22.7 Å². The Morgan fingerprint density at radius 2 is 1.64 bits per heavy atom. The smallest absolute Gasteiger partial charge is 0.417 e. The van der Waals surface area contributed by atoms with Gasteiger partial charge in [0.2, 0.25) is 5.91 Å². The van der Waals surface area contributed by atoms with Crippen molar-refractivity contribution in [1.29, 1.82) is 0 Å². The zero-order valence-corrected chi connectivity index (χ0v) is 19.3. The average Bonchev–Trinajstić information content (AvgIpc) is 2.78. The summed E-state index contributed by atoms with van der Waals surface area (Å²) < 4.78 is 46.0. The maximum atomic E-state index is 13.3. The first-order chi connectivity index (χ1) is 15.6. The normalized spacial score (nSPS) is 11.8. The van der Waals surface area contributed by atoms with E-state index >= 15 is 0 Å². The van der Waals surface area contributed by atoms with Crippen molar-refractivity contribution in [2.24, 2.45) is 0 Å². The first kappa shape index (κ1) is 24.7. The molecule has 3 aromatic rings. The molecule has 1 amide bonds. The van der Waals surface area contributed by atoms with Crippen LogP contribution in [0.2, 0.25) is 0 Å². The third-order valence-corrected chi connectivity index (χ3v) is 5.79. The van der Waals surface area contributed by atoms with Crippen molar-refractivity contribution in [2.45, 2.75) is 37.0 Å². The van der Waals surface area contributed by atoms with E-state index < -0.39 is 23.2 Å². The number of ether oxygens (including phenoxy) is 1. The monoisotopic (exact) mass is 474 g/mol. The van der Waals surface area contributed by atoms with Crippen LogP contribution in [0, 0.1) is 0 Å². The summed E-state index contributed by atoms with van der Waals surface area (Å²) in [6.45, 7) is 3.66. The van der Waals surface area contributed by atoms with E-state index in [1.165, 1.54) is 12.1 Å². The van der Waals surface area contributed by atoms with Crippen LogP contribution >= 0.6 is 11.8 Å². The molecule has 0 spiro atoms. The number of hydrogen-bond acceptors (Lipinski definition) is 4. The van der Waals surface area contributed by atoms with Crippen LogP contribution in [0.4, 0.5) is 18.9 Å². The van der Waals surface area contributed by atoms with Gasteiger partial charge in [-0.1, -0.05) is 36.4 Å². The fraction of sp³-hybridized carbons (Fsp3) is 0.240. The molecular formula is C25H25F3N2O2S. The summed E-state index contributed by atoms with van der Waals surface area (Å²) in [4.78, 5) is 13.0. The third kappa shape index (κ3) is 6.52. The van der Waals surface area contributed by atoms with Crippen LogP contribution in [-0.2, 0) is 17.5 Å². The number of thioether (sulfide) groups is 1. The van der Waals surface area contributed by atoms with Crippen molar-refractivity contribution in [1.82, 2.24) is 5.32 Å². The molecule has 3 aromatic carbocycles. The quantitative estimate of drug-likeness (QED) is 0.356. The standard InChI is InChI=1S/C25H25F3N2O2S/c1-24(2,23(31)30-18-13-14-22(33-3)20(15-18)25(26,27)28)29-16-17-9-7-8-12-21(17)32-19-10-5-4-6-11-19/h4-15,29H,16H2,1-3H3,(H,30,31). The van der Waals surface area contributed by atoms with E-state index in [2.05, 4.69) is 10.6 Å². The Kier molecular flexibility index (Phi) is 7.71. The largest absolute Gasteiger partial charge is 0.457 e. The van der Waals surface area contributed by atoms with Gasteiger partial charge >= 0.3 is 6.18 Å². The fourth-order valence-electron chi connectivity index (χ4n) is 3.06. The molecule has 0 aromatic heterocycles. The summed E-state index contributed by atoms with van der Waals surface area (Å²) in [5.74, 6) is 0.889. The van der Waals surface area contributed by atoms with Crippen LogP contribution in [0.1, 0.15) is 25.0 Å². The molecular weight excluding hydrogens is 449 g/mol. The van der Waals surface area contributed by atoms with Crippen molar-refractivity contribution >= 4 is 23.4 Å². The van der Waals surface area contributed by atoms with Crippen molar-refractivity contribution in [3.05, 3.63) is 83.9 Å². The van der Waals surface area contributed by atoms with E-state index in [9.17, 15) is 18.0 Å². The van der Waals surface area contributed by atoms with E-state index in [1.54, 1.807) is 20.1 Å². The number of anilines is 1. The summed E-state index contributed by atoms with van der Waals surface area (Å²) in [5.41, 5.74) is -0.902. The predicted molar refractivity (Wildman–Crippen MR) is 126 cm³/mol. The average molecular weight is 475 g/mol. The topological polar surface area (TPSA) is 50.4 Å². The van der Waals surface area contributed by atoms with E-state index in [4.69, 9.17) is 4.74 Å². The lowest BCUT2D eigenvalue weighted by molar-refractivity contribution is -0.139. The van der Waals surface area contributed by atoms with Gasteiger partial charge in [0.1, 0.15) is 11.5 Å². The minimum absolute atomic E-state index is 0.0906. The first-order valence-electron chi connectivity index (χ1n) is 10.2. The van der Waals surface area contributed by atoms with Crippen LogP contribution in [0.15, 0.2) is 77.7 Å². The maximum absolute atomic E-state index is 13.3. The number of rotatable bonds is 8. The summed E-state index contributed by atoms with van der Waals surface area (Å²) >= 11 is 1.01. The summed E-state index contributed by atoms with van der Waals surface area (Å²) in [6, 6.07) is 20.6. The highest BCUT2D eigenvalue weighted by Crippen LogP contribution is 2.37. The van der Waals surface area contributed by atoms with Gasteiger partial charge in [-0.2, -0.15) is 13.2 Å². The highest BCUT2D eigenvalue weighted by atomic mass is 32.2. The molecule has 0 fully saturated rings. The van der Waals surface area contributed by atoms with Crippen molar-refractivity contribution in [2.75, 3.05) is 11.6 Å². The van der Waals surface area contributed by atoms with Gasteiger partial charge in [0.05, 0.1) is 11.1 Å². The molecule has 33 heavy (non-hydrogen) atoms. The van der Waals surface area contributed by atoms with Crippen LogP contribution in [0.5, 0.6) is 11.5 Å². The SMILES string of the molecule is CSc1ccc(NC(=O)C(C)(C)NCc2ccccc2Oc2ccccc2)cc1C(F)(F)F. The Balaban J connectivity index is 1.70. The number of alkyl halides is 3. The molecule has 0 atom stereocenters. The van der Waals surface area contributed by atoms with Crippen LogP contribution < -0.4 is 15.4 Å². The van der Waals surface area contributed by atoms with Gasteiger partial charge in [-0.15, -0.1) is 11.8 Å². The Hall–Kier alpha value is -2.97. The molecule has 0 saturated heterocycles. The fourth-order valence-corrected chi connectivity index (χ4v) is 3.65. The summed E-state index contributed by atoms with van der Waals surface area (Å²) in [6.07, 6.45) is -2.93. The Labute approximate surface area is 195 Å². The van der Waals surface area contributed by atoms with Gasteiger partial charge in [0, 0.05) is 22.7 Å². The third-order valence-electron chi connectivity index (χ3n) is 4.99. The molecule has 0 aliphatic rings. The second kappa shape index (κ2) is 10.3. The van der Waals surface area contributed by atoms with E-state index in [1.807, 2.05) is 54.6 Å². The van der Waals surface area contributed by atoms with Gasteiger partial charge in [0.25, 0.3) is 0 Å². The number of carbonyl (C=O) groups is 1. The molecule has 8 heteroatoms. The van der Waals surface area contributed by atoms with Gasteiger partial charge in [-0.25, -0.2) is 0 Å². The molecule has 4 nitrogen and oxygen atoms in total. The van der Waals surface area contributed by atoms with E-state index in [0.29, 0.717) is 18.0 Å². The van der Waals surface area contributed by atoms with E-state index in [-0.39, 0.29) is 10.6 Å². The minimum Gasteiger partial charge on any atom is -0.457 e. The van der Waals surface area contributed by atoms with Crippen LogP contribution in [0.25, 0.3) is 0 Å². The predicted octanol–water partition coefficient (Wildman–Crippen LogP) is 6.73. The summed E-state index contributed by atoms with van der Waals surface area (Å²) in [5, 5.41) is 5.77. The lowest BCUT2D eigenvalue weighted by Crippen LogP contribution is -2.49. The number of para-hydroxylation sites is 2. The van der Waals surface area contributed by atoms with Gasteiger partial charge in [0.15, 0.2) is 0 Å². The number of benzene rings is 3. The molecule has 0 radical (unpaired) electrons. The molecule has 174 valence electrons. The lowest BCUT2D eigenvalue weighted by Gasteiger charge is -2.26. The minimum atomic E-state index is -4.50. The van der Waals surface area contributed by atoms with Crippen molar-refractivity contribution in [3.63, 3.8) is 0 Å².